The monoisotopic (exact) mass is 287 g/mol. The molecule has 0 N–H and O–H groups in total. The van der Waals surface area contributed by atoms with Crippen molar-refractivity contribution in [1.82, 2.24) is 4.90 Å². The number of carbonyl (C=O) groups is 1. The molecule has 1 aromatic carbocycles. The van der Waals surface area contributed by atoms with Crippen molar-refractivity contribution in [3.05, 3.63) is 48.0 Å². The zero-order chi connectivity index (χ0) is 15.3. The first-order chi connectivity index (χ1) is 10.2. The van der Waals surface area contributed by atoms with Crippen LogP contribution < -0.4 is 0 Å². The normalized spacial score (nSPS) is 25.0. The smallest absolute Gasteiger partial charge is 0.318 e. The minimum atomic E-state index is -0.600. The summed E-state index contributed by atoms with van der Waals surface area (Å²) in [5.41, 5.74) is 0.453. The number of hydrogen-bond donors (Lipinski definition) is 0. The standard InChI is InChI=1S/C18H25NO2/c1-4-19(3)16-13-9-10-14-18(16,17(20)21-5-2)15-11-7-6-8-12-15/h6-9,11-13,16H,4-5,10,14H2,1-3H3/t16-,18+/m1/s1. The third-order valence-electron chi connectivity index (χ3n) is 4.43. The van der Waals surface area contributed by atoms with E-state index in [0.29, 0.717) is 6.61 Å². The van der Waals surface area contributed by atoms with Gasteiger partial charge in [-0.25, -0.2) is 0 Å². The lowest BCUT2D eigenvalue weighted by Gasteiger charge is -2.43. The molecule has 0 aromatic heterocycles. The molecule has 0 radical (unpaired) electrons. The van der Waals surface area contributed by atoms with E-state index >= 15 is 0 Å². The molecular weight excluding hydrogens is 262 g/mol. The molecule has 0 amide bonds. The van der Waals surface area contributed by atoms with Crippen molar-refractivity contribution in [2.45, 2.75) is 38.1 Å². The Balaban J connectivity index is 2.54. The summed E-state index contributed by atoms with van der Waals surface area (Å²) in [6.45, 7) is 5.29. The van der Waals surface area contributed by atoms with Crippen molar-refractivity contribution < 1.29 is 9.53 Å². The maximum atomic E-state index is 12.9. The number of likely N-dealkylation sites (N-methyl/N-ethyl adjacent to an activating group) is 1. The maximum absolute atomic E-state index is 12.9. The topological polar surface area (TPSA) is 29.5 Å². The van der Waals surface area contributed by atoms with Crippen molar-refractivity contribution in [2.24, 2.45) is 0 Å². The second-order valence-electron chi connectivity index (χ2n) is 5.54. The molecule has 0 spiro atoms. The Bertz CT molecular complexity index is 497. The number of ether oxygens (including phenoxy) is 1. The molecule has 1 aromatic rings. The lowest BCUT2D eigenvalue weighted by atomic mass is 9.68. The number of benzene rings is 1. The summed E-state index contributed by atoms with van der Waals surface area (Å²) < 4.78 is 5.46. The predicted octanol–water partition coefficient (Wildman–Crippen LogP) is 3.16. The summed E-state index contributed by atoms with van der Waals surface area (Å²) in [6, 6.07) is 10.1. The quantitative estimate of drug-likeness (QED) is 0.615. The Morgan fingerprint density at radius 2 is 2.05 bits per heavy atom. The summed E-state index contributed by atoms with van der Waals surface area (Å²) in [5.74, 6) is -0.106. The molecule has 0 saturated carbocycles. The van der Waals surface area contributed by atoms with Gasteiger partial charge >= 0.3 is 5.97 Å². The fraction of sp³-hybridized carbons (Fsp3) is 0.500. The molecule has 2 atom stereocenters. The number of carbonyl (C=O) groups excluding carboxylic acids is 1. The van der Waals surface area contributed by atoms with E-state index in [1.54, 1.807) is 0 Å². The van der Waals surface area contributed by atoms with Gasteiger partial charge in [0.25, 0.3) is 0 Å². The number of esters is 1. The number of hydrogen-bond acceptors (Lipinski definition) is 3. The molecule has 3 nitrogen and oxygen atoms in total. The van der Waals surface area contributed by atoms with Crippen LogP contribution in [0.4, 0.5) is 0 Å². The lowest BCUT2D eigenvalue weighted by Crippen LogP contribution is -2.55. The van der Waals surface area contributed by atoms with Gasteiger partial charge in [-0.05, 0) is 38.9 Å². The molecule has 2 rings (SSSR count). The van der Waals surface area contributed by atoms with Gasteiger partial charge in [0.05, 0.1) is 6.61 Å². The van der Waals surface area contributed by atoms with Crippen molar-refractivity contribution in [3.8, 4) is 0 Å². The molecule has 1 aliphatic rings. The highest BCUT2D eigenvalue weighted by atomic mass is 16.5. The largest absolute Gasteiger partial charge is 0.465 e. The third-order valence-corrected chi connectivity index (χ3v) is 4.43. The van der Waals surface area contributed by atoms with E-state index in [-0.39, 0.29) is 12.0 Å². The fourth-order valence-electron chi connectivity index (χ4n) is 3.22. The first-order valence-corrected chi connectivity index (χ1v) is 7.76. The number of rotatable bonds is 5. The zero-order valence-electron chi connectivity index (χ0n) is 13.2. The summed E-state index contributed by atoms with van der Waals surface area (Å²) in [6.07, 6.45) is 6.04. The van der Waals surface area contributed by atoms with Crippen molar-refractivity contribution in [1.29, 1.82) is 0 Å². The molecule has 3 heteroatoms. The van der Waals surface area contributed by atoms with Gasteiger partial charge in [0, 0.05) is 6.04 Å². The van der Waals surface area contributed by atoms with Crippen LogP contribution in [-0.2, 0) is 14.9 Å². The van der Waals surface area contributed by atoms with E-state index in [1.165, 1.54) is 0 Å². The highest BCUT2D eigenvalue weighted by Gasteiger charge is 2.49. The van der Waals surface area contributed by atoms with Gasteiger partial charge in [0.1, 0.15) is 5.41 Å². The van der Waals surface area contributed by atoms with Crippen LogP contribution in [0.5, 0.6) is 0 Å². The molecule has 0 fully saturated rings. The van der Waals surface area contributed by atoms with Gasteiger partial charge < -0.3 is 4.74 Å². The molecule has 1 aliphatic carbocycles. The van der Waals surface area contributed by atoms with Crippen LogP contribution in [0.2, 0.25) is 0 Å². The van der Waals surface area contributed by atoms with Gasteiger partial charge in [-0.15, -0.1) is 0 Å². The lowest BCUT2D eigenvalue weighted by molar-refractivity contribution is -0.153. The van der Waals surface area contributed by atoms with E-state index < -0.39 is 5.41 Å². The predicted molar refractivity (Wildman–Crippen MR) is 85.2 cm³/mol. The zero-order valence-corrected chi connectivity index (χ0v) is 13.2. The molecule has 0 saturated heterocycles. The second kappa shape index (κ2) is 6.90. The Hall–Kier alpha value is -1.61. The van der Waals surface area contributed by atoms with Gasteiger partial charge in [-0.3, -0.25) is 9.69 Å². The maximum Gasteiger partial charge on any atom is 0.318 e. The van der Waals surface area contributed by atoms with Crippen LogP contribution in [0.15, 0.2) is 42.5 Å². The van der Waals surface area contributed by atoms with Crippen molar-refractivity contribution in [3.63, 3.8) is 0 Å². The van der Waals surface area contributed by atoms with Crippen LogP contribution >= 0.6 is 0 Å². The SMILES string of the molecule is CCOC(=O)[C@]1(c2ccccc2)CCC=C[C@H]1N(C)CC. The second-order valence-corrected chi connectivity index (χ2v) is 5.54. The highest BCUT2D eigenvalue weighted by molar-refractivity contribution is 5.85. The molecule has 114 valence electrons. The minimum Gasteiger partial charge on any atom is -0.465 e. The molecule has 21 heavy (non-hydrogen) atoms. The molecule has 0 heterocycles. The first kappa shape index (κ1) is 15.8. The minimum absolute atomic E-state index is 0.0395. The molecule has 0 bridgehead atoms. The first-order valence-electron chi connectivity index (χ1n) is 7.76. The van der Waals surface area contributed by atoms with Gasteiger partial charge in [0.2, 0.25) is 0 Å². The van der Waals surface area contributed by atoms with E-state index in [4.69, 9.17) is 4.74 Å². The summed E-state index contributed by atoms with van der Waals surface area (Å²) >= 11 is 0. The summed E-state index contributed by atoms with van der Waals surface area (Å²) in [4.78, 5) is 15.1. The van der Waals surface area contributed by atoms with Gasteiger partial charge in [-0.1, -0.05) is 49.4 Å². The fourth-order valence-corrected chi connectivity index (χ4v) is 3.22. The van der Waals surface area contributed by atoms with E-state index in [1.807, 2.05) is 37.3 Å². The van der Waals surface area contributed by atoms with Crippen LogP contribution in [0, 0.1) is 0 Å². The Kier molecular flexibility index (Phi) is 5.18. The highest BCUT2D eigenvalue weighted by Crippen LogP contribution is 2.40. The van der Waals surface area contributed by atoms with Gasteiger partial charge in [-0.2, -0.15) is 0 Å². The third kappa shape index (κ3) is 2.88. The molecule has 0 aliphatic heterocycles. The van der Waals surface area contributed by atoms with E-state index in [2.05, 4.69) is 31.0 Å². The van der Waals surface area contributed by atoms with Crippen molar-refractivity contribution in [2.75, 3.05) is 20.2 Å². The molecule has 0 unspecified atom stereocenters. The summed E-state index contributed by atoms with van der Waals surface area (Å²) in [7, 11) is 2.07. The van der Waals surface area contributed by atoms with Crippen LogP contribution in [0.1, 0.15) is 32.3 Å². The Morgan fingerprint density at radius 1 is 1.33 bits per heavy atom. The van der Waals surface area contributed by atoms with Crippen LogP contribution in [0.25, 0.3) is 0 Å². The Labute approximate surface area is 127 Å². The number of nitrogens with zero attached hydrogens (tertiary/aromatic N) is 1. The van der Waals surface area contributed by atoms with E-state index in [0.717, 1.165) is 24.9 Å². The number of allylic oxidation sites excluding steroid dienone is 1. The average molecular weight is 287 g/mol. The van der Waals surface area contributed by atoms with Gasteiger partial charge in [0.15, 0.2) is 0 Å². The molecular formula is C18H25NO2. The average Bonchev–Trinajstić information content (AvgIpc) is 2.55. The Morgan fingerprint density at radius 3 is 2.67 bits per heavy atom. The van der Waals surface area contributed by atoms with Crippen LogP contribution in [-0.4, -0.2) is 37.1 Å². The van der Waals surface area contributed by atoms with Crippen molar-refractivity contribution >= 4 is 5.97 Å². The van der Waals surface area contributed by atoms with E-state index in [9.17, 15) is 4.79 Å². The summed E-state index contributed by atoms with van der Waals surface area (Å²) in [5, 5.41) is 0. The van der Waals surface area contributed by atoms with Crippen LogP contribution in [0.3, 0.4) is 0 Å².